The molecule has 4 aliphatic carbocycles. The number of carbonyl (C=O) groups excluding carboxylic acids is 5. The van der Waals surface area contributed by atoms with Crippen molar-refractivity contribution in [1.29, 1.82) is 0 Å². The van der Waals surface area contributed by atoms with E-state index in [1.165, 1.54) is 22.9 Å². The quantitative estimate of drug-likeness (QED) is 0.0597. The van der Waals surface area contributed by atoms with E-state index in [4.69, 9.17) is 9.47 Å². The fraction of sp³-hybridized carbons (Fsp3) is 0.593. The van der Waals surface area contributed by atoms with Gasteiger partial charge >= 0.3 is 5.97 Å². The summed E-state index contributed by atoms with van der Waals surface area (Å²) in [6.07, 6.45) is 12.2. The minimum absolute atomic E-state index is 0.0378. The molecule has 2 aromatic carbocycles. The van der Waals surface area contributed by atoms with Crippen molar-refractivity contribution in [1.82, 2.24) is 16.0 Å². The van der Waals surface area contributed by atoms with Gasteiger partial charge in [0.1, 0.15) is 18.7 Å². The van der Waals surface area contributed by atoms with Gasteiger partial charge in [-0.15, -0.1) is 11.8 Å². The summed E-state index contributed by atoms with van der Waals surface area (Å²) in [7, 11) is 0. The van der Waals surface area contributed by atoms with Gasteiger partial charge in [-0.05, 0) is 98.5 Å². The molecule has 0 spiro atoms. The van der Waals surface area contributed by atoms with E-state index in [2.05, 4.69) is 73.3 Å². The Balaban J connectivity index is 0.927. The number of ketones is 1. The highest BCUT2D eigenvalue weighted by atomic mass is 32.2. The second-order valence-corrected chi connectivity index (χ2v) is 24.4. The highest BCUT2D eigenvalue weighted by molar-refractivity contribution is 8.01. The summed E-state index contributed by atoms with van der Waals surface area (Å²) < 4.78 is 13.7. The van der Waals surface area contributed by atoms with Crippen LogP contribution in [-0.4, -0.2) is 104 Å². The third-order valence-corrected chi connectivity index (χ3v) is 18.9. The van der Waals surface area contributed by atoms with Gasteiger partial charge in [0.15, 0.2) is 17.7 Å². The molecule has 0 bridgehead atoms. The molecule has 4 fully saturated rings. The summed E-state index contributed by atoms with van der Waals surface area (Å²) in [6, 6.07) is 13.3. The standard InChI is InChI=1S/C59H80N4O11S/c1-10-12-14-35(5)75-45(30-49(68)69)53(71)60-26-24-48(67)63-51(34(3)4)54(72)61-36(6)52(70)62-42-16-13-15-39(29-42)27-38-17-19-40(20-18-38)55-73-47-32-57(8)43-22-21-41-28-37(11-2)23-25-56(41,7)50(43)44(65)31-58(57,9)59(47,74-55)46(66)33-64/h11,13,15-20,23,25,28-29,34-36,43-45,47,50-51,55,64-65H,10,12,14,21-22,24,26-27,30-33H2,1-9H3,(H,60,71)(H,61,72)(H,62,70)(H,63,67)(H,68,69)/b37-11+/t35?,36-,43+,44-,45?,47+,50+,51-,55+,56-,57-,58-,59+/m0/s1. The summed E-state index contributed by atoms with van der Waals surface area (Å²) in [5.74, 6) is -3.72. The van der Waals surface area contributed by atoms with Gasteiger partial charge in [0.05, 0.1) is 23.9 Å². The number of benzene rings is 2. The number of aliphatic hydroxyl groups is 2. The number of aliphatic hydroxyl groups excluding tert-OH is 2. The van der Waals surface area contributed by atoms with Gasteiger partial charge < -0.3 is 46.1 Å². The fourth-order valence-corrected chi connectivity index (χ4v) is 14.6. The van der Waals surface area contributed by atoms with Crippen LogP contribution in [0.4, 0.5) is 5.69 Å². The number of rotatable bonds is 22. The molecule has 5 aliphatic rings. The number of carbonyl (C=O) groups is 6. The monoisotopic (exact) mass is 1050 g/mol. The molecule has 75 heavy (non-hydrogen) atoms. The number of carboxylic acids is 1. The van der Waals surface area contributed by atoms with Gasteiger partial charge in [0, 0.05) is 46.2 Å². The number of carboxylic acid groups (broad SMARTS) is 1. The third-order valence-electron chi connectivity index (χ3n) is 17.5. The molecule has 4 amide bonds. The highest BCUT2D eigenvalue weighted by Gasteiger charge is 2.80. The molecular formula is C59H80N4O11S. The second kappa shape index (κ2) is 23.6. The SMILES string of the molecule is C/C=C1\C=C[C@@]2(C)C(=C1)CC[C@@H]1[C@@H]2[C@@H](O)C[C@@]2(C)[C@@]1(C)C[C@H]1O[C@@H](c3ccc(Cc4cccc(NC(=O)[C@H](C)NC(=O)[C@@H](NC(=O)CCNC(=O)C(CC(=O)O)SC(C)CCCC)C(C)C)c4)cc3)O[C@]12C(=O)CO. The van der Waals surface area contributed by atoms with E-state index in [1.807, 2.05) is 56.3 Å². The summed E-state index contributed by atoms with van der Waals surface area (Å²) in [6.45, 7) is 17.0. The van der Waals surface area contributed by atoms with Gasteiger partial charge in [-0.3, -0.25) is 28.8 Å². The number of Topliss-reactive ketones (excluding diaryl/α,β-unsaturated/α-hetero) is 1. The molecule has 2 aromatic rings. The summed E-state index contributed by atoms with van der Waals surface area (Å²) in [5.41, 5.74) is 2.64. The normalized spacial score (nSPS) is 30.6. The molecule has 7 rings (SSSR count). The summed E-state index contributed by atoms with van der Waals surface area (Å²) >= 11 is 1.31. The zero-order chi connectivity index (χ0) is 54.6. The van der Waals surface area contributed by atoms with E-state index >= 15 is 0 Å². The molecule has 408 valence electrons. The van der Waals surface area contributed by atoms with Gasteiger partial charge in [-0.2, -0.15) is 0 Å². The van der Waals surface area contributed by atoms with E-state index in [0.717, 1.165) is 48.8 Å². The van der Waals surface area contributed by atoms with Crippen molar-refractivity contribution in [2.24, 2.45) is 34.0 Å². The van der Waals surface area contributed by atoms with Gasteiger partial charge in [0.25, 0.3) is 0 Å². The van der Waals surface area contributed by atoms with Crippen LogP contribution in [0.5, 0.6) is 0 Å². The third kappa shape index (κ3) is 11.6. The van der Waals surface area contributed by atoms with Gasteiger partial charge in [0.2, 0.25) is 23.6 Å². The lowest BCUT2D eigenvalue weighted by Gasteiger charge is -2.64. The summed E-state index contributed by atoms with van der Waals surface area (Å²) in [5, 5.41) is 42.4. The molecule has 13 atom stereocenters. The highest BCUT2D eigenvalue weighted by Crippen LogP contribution is 2.75. The molecule has 16 heteroatoms. The Hall–Kier alpha value is -5.13. The van der Waals surface area contributed by atoms with Crippen LogP contribution in [0, 0.1) is 34.0 Å². The van der Waals surface area contributed by atoms with Gasteiger partial charge in [-0.25, -0.2) is 0 Å². The smallest absolute Gasteiger partial charge is 0.305 e. The van der Waals surface area contributed by atoms with E-state index in [-0.39, 0.29) is 47.8 Å². The zero-order valence-electron chi connectivity index (χ0n) is 45.2. The first-order valence-electron chi connectivity index (χ1n) is 27.0. The average Bonchev–Trinajstić information content (AvgIpc) is 3.90. The van der Waals surface area contributed by atoms with Crippen LogP contribution in [0.3, 0.4) is 0 Å². The van der Waals surface area contributed by atoms with E-state index < -0.39 is 94.3 Å². The molecule has 0 aromatic heterocycles. The van der Waals surface area contributed by atoms with Crippen molar-refractivity contribution in [3.05, 3.63) is 101 Å². The largest absolute Gasteiger partial charge is 0.481 e. The lowest BCUT2D eigenvalue weighted by Crippen LogP contribution is -2.66. The number of aliphatic carboxylic acids is 1. The van der Waals surface area contributed by atoms with E-state index in [0.29, 0.717) is 24.9 Å². The number of nitrogens with one attached hydrogen (secondary N) is 4. The maximum atomic E-state index is 14.2. The zero-order valence-corrected chi connectivity index (χ0v) is 46.0. The number of unbranched alkanes of at least 4 members (excludes halogenated alkanes) is 1. The first kappa shape index (κ1) is 57.6. The van der Waals surface area contributed by atoms with E-state index in [9.17, 15) is 44.1 Å². The van der Waals surface area contributed by atoms with Crippen LogP contribution in [0.25, 0.3) is 0 Å². The average molecular weight is 1050 g/mol. The Bertz CT molecular complexity index is 2560. The molecule has 1 heterocycles. The Morgan fingerprint density at radius 1 is 0.933 bits per heavy atom. The first-order valence-corrected chi connectivity index (χ1v) is 27.9. The maximum Gasteiger partial charge on any atom is 0.305 e. The second-order valence-electron chi connectivity index (χ2n) is 22.7. The molecule has 1 saturated heterocycles. The molecule has 15 nitrogen and oxygen atoms in total. The molecule has 0 radical (unpaired) electrons. The predicted octanol–water partition coefficient (Wildman–Crippen LogP) is 7.89. The minimum atomic E-state index is -1.45. The Kier molecular flexibility index (Phi) is 18.1. The van der Waals surface area contributed by atoms with Crippen LogP contribution in [0.2, 0.25) is 0 Å². The lowest BCUT2D eigenvalue weighted by molar-refractivity contribution is -0.225. The van der Waals surface area contributed by atoms with E-state index in [1.54, 1.807) is 26.8 Å². The minimum Gasteiger partial charge on any atom is -0.481 e. The number of amides is 4. The fourth-order valence-electron chi connectivity index (χ4n) is 13.3. The number of ether oxygens (including phenoxy) is 2. The number of fused-ring (bicyclic) bond motifs is 7. The van der Waals surface area contributed by atoms with Crippen molar-refractivity contribution in [3.8, 4) is 0 Å². The molecule has 3 saturated carbocycles. The molecular weight excluding hydrogens is 973 g/mol. The van der Waals surface area contributed by atoms with Crippen molar-refractivity contribution >= 4 is 52.8 Å². The van der Waals surface area contributed by atoms with Crippen LogP contribution in [-0.2, 0) is 44.7 Å². The van der Waals surface area contributed by atoms with Crippen molar-refractivity contribution in [3.63, 3.8) is 0 Å². The number of hydrogen-bond acceptors (Lipinski definition) is 11. The lowest BCUT2D eigenvalue weighted by atomic mass is 9.41. The van der Waals surface area contributed by atoms with Crippen LogP contribution < -0.4 is 21.3 Å². The molecule has 7 N–H and O–H groups in total. The topological polar surface area (TPSA) is 230 Å². The van der Waals surface area contributed by atoms with Crippen molar-refractivity contribution < 1.29 is 53.6 Å². The van der Waals surface area contributed by atoms with Crippen LogP contribution in [0.1, 0.15) is 143 Å². The number of allylic oxidation sites excluding steroid dienone is 6. The van der Waals surface area contributed by atoms with Crippen molar-refractivity contribution in [2.45, 2.75) is 173 Å². The van der Waals surface area contributed by atoms with Crippen molar-refractivity contribution in [2.75, 3.05) is 18.5 Å². The van der Waals surface area contributed by atoms with Gasteiger partial charge in [-0.1, -0.05) is 128 Å². The Labute approximate surface area is 446 Å². The Morgan fingerprint density at radius 3 is 2.33 bits per heavy atom. The first-order chi connectivity index (χ1) is 35.5. The maximum absolute atomic E-state index is 14.2. The number of anilines is 1. The predicted molar refractivity (Wildman–Crippen MR) is 289 cm³/mol. The Morgan fingerprint density at radius 2 is 1.67 bits per heavy atom. The molecule has 1 aliphatic heterocycles. The number of thioether (sulfide) groups is 1. The van der Waals surface area contributed by atoms with Crippen LogP contribution >= 0.6 is 11.8 Å². The molecule has 2 unspecified atom stereocenters. The summed E-state index contributed by atoms with van der Waals surface area (Å²) in [4.78, 5) is 78.4. The van der Waals surface area contributed by atoms with Crippen LogP contribution in [0.15, 0.2) is 84.0 Å². The number of hydrogen-bond donors (Lipinski definition) is 7.